The first-order valence-electron chi connectivity index (χ1n) is 6.47. The van der Waals surface area contributed by atoms with Crippen molar-refractivity contribution < 1.29 is 13.9 Å². The molecule has 1 N–H and O–H groups in total. The van der Waals surface area contributed by atoms with E-state index >= 15 is 0 Å². The third-order valence-electron chi connectivity index (χ3n) is 2.75. The lowest BCUT2D eigenvalue weighted by molar-refractivity contribution is 0.199. The zero-order valence-corrected chi connectivity index (χ0v) is 13.2. The van der Waals surface area contributed by atoms with Crippen molar-refractivity contribution in [1.82, 2.24) is 10.3 Å². The fraction of sp³-hybridized carbons (Fsp3) is 0.267. The third-order valence-corrected chi connectivity index (χ3v) is 3.36. The number of hydrogen-bond donors (Lipinski definition) is 1. The Bertz CT molecular complexity index is 596. The van der Waals surface area contributed by atoms with E-state index in [1.807, 2.05) is 12.1 Å². The Balaban J connectivity index is 2.06. The molecule has 4 nitrogen and oxygen atoms in total. The van der Waals surface area contributed by atoms with Crippen LogP contribution in [0.5, 0.6) is 11.6 Å². The molecule has 0 fully saturated rings. The molecule has 1 heterocycles. The monoisotopic (exact) mass is 354 g/mol. The Labute approximate surface area is 131 Å². The van der Waals surface area contributed by atoms with E-state index in [2.05, 4.69) is 26.2 Å². The molecule has 2 aromatic rings. The van der Waals surface area contributed by atoms with Crippen molar-refractivity contribution in [3.63, 3.8) is 0 Å². The highest BCUT2D eigenvalue weighted by Crippen LogP contribution is 2.27. The van der Waals surface area contributed by atoms with Crippen LogP contribution in [0.4, 0.5) is 4.39 Å². The van der Waals surface area contributed by atoms with Gasteiger partial charge in [0.25, 0.3) is 0 Å². The van der Waals surface area contributed by atoms with E-state index in [-0.39, 0.29) is 5.82 Å². The van der Waals surface area contributed by atoms with Crippen LogP contribution in [0.3, 0.4) is 0 Å². The quantitative estimate of drug-likeness (QED) is 0.772. The smallest absolute Gasteiger partial charge is 0.223 e. The first-order chi connectivity index (χ1) is 10.2. The van der Waals surface area contributed by atoms with Gasteiger partial charge in [0.1, 0.15) is 11.6 Å². The number of hydrogen-bond acceptors (Lipinski definition) is 4. The lowest BCUT2D eigenvalue weighted by atomic mass is 10.2. The number of rotatable bonds is 7. The van der Waals surface area contributed by atoms with Crippen LogP contribution in [-0.4, -0.2) is 25.2 Å². The highest BCUT2D eigenvalue weighted by atomic mass is 79.9. The van der Waals surface area contributed by atoms with Gasteiger partial charge in [0.15, 0.2) is 0 Å². The highest BCUT2D eigenvalue weighted by Gasteiger charge is 2.07. The van der Waals surface area contributed by atoms with Crippen molar-refractivity contribution in [2.24, 2.45) is 0 Å². The van der Waals surface area contributed by atoms with Crippen LogP contribution in [0.15, 0.2) is 41.0 Å². The van der Waals surface area contributed by atoms with Crippen molar-refractivity contribution in [3.8, 4) is 11.6 Å². The summed E-state index contributed by atoms with van der Waals surface area (Å²) in [6, 6.07) is 8.27. The molecule has 0 spiro atoms. The Morgan fingerprint density at radius 1 is 1.33 bits per heavy atom. The van der Waals surface area contributed by atoms with Crippen LogP contribution in [0.25, 0.3) is 0 Å². The van der Waals surface area contributed by atoms with E-state index in [0.717, 1.165) is 12.1 Å². The van der Waals surface area contributed by atoms with E-state index in [4.69, 9.17) is 9.47 Å². The zero-order chi connectivity index (χ0) is 15.1. The van der Waals surface area contributed by atoms with Gasteiger partial charge >= 0.3 is 0 Å². The maximum Gasteiger partial charge on any atom is 0.223 e. The molecule has 1 aromatic heterocycles. The molecular formula is C15H16BrFN2O2. The van der Waals surface area contributed by atoms with Gasteiger partial charge in [-0.3, -0.25) is 0 Å². The Kier molecular flexibility index (Phi) is 6.10. The average molecular weight is 355 g/mol. The van der Waals surface area contributed by atoms with Gasteiger partial charge in [-0.05, 0) is 40.2 Å². The predicted molar refractivity (Wildman–Crippen MR) is 82.0 cm³/mol. The molecule has 0 saturated heterocycles. The highest BCUT2D eigenvalue weighted by molar-refractivity contribution is 9.10. The summed E-state index contributed by atoms with van der Waals surface area (Å²) in [6.45, 7) is 2.00. The Morgan fingerprint density at radius 2 is 2.19 bits per heavy atom. The van der Waals surface area contributed by atoms with Crippen LogP contribution < -0.4 is 10.1 Å². The number of methoxy groups -OCH3 is 1. The number of nitrogens with one attached hydrogen (secondary N) is 1. The molecule has 0 aliphatic heterocycles. The SMILES string of the molecule is COCCNCc1cccnc1Oc1ccc(F)c(Br)c1. The maximum absolute atomic E-state index is 13.2. The average Bonchev–Trinajstić information content (AvgIpc) is 2.49. The van der Waals surface area contributed by atoms with Gasteiger partial charge in [-0.2, -0.15) is 0 Å². The van der Waals surface area contributed by atoms with Crippen LogP contribution in [0.2, 0.25) is 0 Å². The summed E-state index contributed by atoms with van der Waals surface area (Å²) in [5.74, 6) is 0.700. The van der Waals surface area contributed by atoms with Gasteiger partial charge < -0.3 is 14.8 Å². The molecule has 21 heavy (non-hydrogen) atoms. The van der Waals surface area contributed by atoms with Crippen molar-refractivity contribution in [1.29, 1.82) is 0 Å². The van der Waals surface area contributed by atoms with Crippen LogP contribution >= 0.6 is 15.9 Å². The molecule has 0 radical (unpaired) electrons. The first kappa shape index (κ1) is 15.9. The Morgan fingerprint density at radius 3 is 2.95 bits per heavy atom. The van der Waals surface area contributed by atoms with E-state index in [0.29, 0.717) is 29.3 Å². The van der Waals surface area contributed by atoms with E-state index in [1.54, 1.807) is 25.4 Å². The molecular weight excluding hydrogens is 339 g/mol. The van der Waals surface area contributed by atoms with Gasteiger partial charge in [0, 0.05) is 32.0 Å². The normalized spacial score (nSPS) is 10.6. The molecule has 6 heteroatoms. The second-order valence-corrected chi connectivity index (χ2v) is 5.17. The number of aromatic nitrogens is 1. The first-order valence-corrected chi connectivity index (χ1v) is 7.26. The van der Waals surface area contributed by atoms with Gasteiger partial charge in [-0.1, -0.05) is 6.07 Å². The van der Waals surface area contributed by atoms with Crippen LogP contribution in [0.1, 0.15) is 5.56 Å². The molecule has 0 amide bonds. The lowest BCUT2D eigenvalue weighted by Gasteiger charge is -2.11. The summed E-state index contributed by atoms with van der Waals surface area (Å²) in [7, 11) is 1.66. The van der Waals surface area contributed by atoms with E-state index in [1.165, 1.54) is 6.07 Å². The molecule has 112 valence electrons. The van der Waals surface area contributed by atoms with Gasteiger partial charge in [0.05, 0.1) is 11.1 Å². The molecule has 2 rings (SSSR count). The van der Waals surface area contributed by atoms with Crippen LogP contribution in [-0.2, 0) is 11.3 Å². The molecule has 0 atom stereocenters. The minimum Gasteiger partial charge on any atom is -0.439 e. The summed E-state index contributed by atoms with van der Waals surface area (Å²) in [4.78, 5) is 4.22. The minimum atomic E-state index is -0.329. The zero-order valence-electron chi connectivity index (χ0n) is 11.6. The van der Waals surface area contributed by atoms with Crippen molar-refractivity contribution in [3.05, 3.63) is 52.4 Å². The molecule has 0 bridgehead atoms. The van der Waals surface area contributed by atoms with E-state index < -0.39 is 0 Å². The van der Waals surface area contributed by atoms with Gasteiger partial charge in [-0.25, -0.2) is 9.37 Å². The summed E-state index contributed by atoms with van der Waals surface area (Å²) in [5, 5.41) is 3.24. The van der Waals surface area contributed by atoms with Crippen molar-refractivity contribution in [2.75, 3.05) is 20.3 Å². The summed E-state index contributed by atoms with van der Waals surface area (Å²) in [6.07, 6.45) is 1.66. The molecule has 0 unspecified atom stereocenters. The molecule has 0 aliphatic rings. The topological polar surface area (TPSA) is 43.4 Å². The molecule has 1 aromatic carbocycles. The fourth-order valence-electron chi connectivity index (χ4n) is 1.70. The van der Waals surface area contributed by atoms with Crippen LogP contribution in [0, 0.1) is 5.82 Å². The summed E-state index contributed by atoms with van der Waals surface area (Å²) >= 11 is 3.14. The summed E-state index contributed by atoms with van der Waals surface area (Å²) < 4.78 is 24.3. The lowest BCUT2D eigenvalue weighted by Crippen LogP contribution is -2.19. The van der Waals surface area contributed by atoms with Gasteiger partial charge in [-0.15, -0.1) is 0 Å². The molecule has 0 saturated carbocycles. The summed E-state index contributed by atoms with van der Waals surface area (Å²) in [5.41, 5.74) is 0.925. The van der Waals surface area contributed by atoms with Crippen molar-refractivity contribution in [2.45, 2.75) is 6.54 Å². The largest absolute Gasteiger partial charge is 0.439 e. The third kappa shape index (κ3) is 4.77. The number of pyridine rings is 1. The second kappa shape index (κ2) is 8.07. The number of halogens is 2. The van der Waals surface area contributed by atoms with E-state index in [9.17, 15) is 4.39 Å². The standard InChI is InChI=1S/C15H16BrFN2O2/c1-20-8-7-18-10-11-3-2-6-19-15(11)21-12-4-5-14(17)13(16)9-12/h2-6,9,18H,7-8,10H2,1H3. The predicted octanol–water partition coefficient (Wildman–Crippen LogP) is 3.51. The fourth-order valence-corrected chi connectivity index (χ4v) is 2.06. The number of benzene rings is 1. The minimum absolute atomic E-state index is 0.329. The van der Waals surface area contributed by atoms with Crippen molar-refractivity contribution >= 4 is 15.9 Å². The second-order valence-electron chi connectivity index (χ2n) is 4.32. The Hall–Kier alpha value is -1.50. The maximum atomic E-state index is 13.2. The van der Waals surface area contributed by atoms with Gasteiger partial charge in [0.2, 0.25) is 5.88 Å². The number of nitrogens with zero attached hydrogens (tertiary/aromatic N) is 1. The molecule has 0 aliphatic carbocycles. The number of ether oxygens (including phenoxy) is 2.